The topological polar surface area (TPSA) is 72.5 Å². The number of hydrogen-bond acceptors (Lipinski definition) is 4. The van der Waals surface area contributed by atoms with Crippen LogP contribution in [0.5, 0.6) is 0 Å². The highest BCUT2D eigenvalue weighted by Gasteiger charge is 2.12. The minimum atomic E-state index is -3.35. The molecule has 0 saturated heterocycles. The van der Waals surface area contributed by atoms with Crippen molar-refractivity contribution in [2.75, 3.05) is 5.75 Å². The quantitative estimate of drug-likeness (QED) is 0.721. The van der Waals surface area contributed by atoms with Crippen LogP contribution >= 0.6 is 0 Å². The first-order valence-electron chi connectivity index (χ1n) is 7.25. The van der Waals surface area contributed by atoms with Crippen LogP contribution in [0.1, 0.15) is 11.3 Å². The largest absolute Gasteiger partial charge is 0.472 e. The van der Waals surface area contributed by atoms with Crippen LogP contribution in [0.2, 0.25) is 0 Å². The summed E-state index contributed by atoms with van der Waals surface area (Å²) < 4.78 is 37.2. The molecule has 23 heavy (non-hydrogen) atoms. The van der Waals surface area contributed by atoms with E-state index < -0.39 is 10.0 Å². The van der Waals surface area contributed by atoms with Crippen LogP contribution in [-0.4, -0.2) is 14.2 Å². The molecule has 1 aromatic carbocycles. The maximum absolute atomic E-state index is 12.0. The van der Waals surface area contributed by atoms with Gasteiger partial charge in [0.1, 0.15) is 17.8 Å². The van der Waals surface area contributed by atoms with Crippen LogP contribution in [0.15, 0.2) is 69.9 Å². The Morgan fingerprint density at radius 1 is 1.00 bits per heavy atom. The molecule has 0 saturated carbocycles. The van der Waals surface area contributed by atoms with Gasteiger partial charge in [-0.15, -0.1) is 0 Å². The molecule has 2 heterocycles. The number of nitrogens with one attached hydrogen (secondary N) is 1. The first-order valence-corrected chi connectivity index (χ1v) is 8.90. The van der Waals surface area contributed by atoms with Crippen LogP contribution in [0.25, 0.3) is 11.3 Å². The summed E-state index contributed by atoms with van der Waals surface area (Å²) in [6, 6.07) is 14.9. The smallest absolute Gasteiger partial charge is 0.212 e. The van der Waals surface area contributed by atoms with Gasteiger partial charge in [-0.05, 0) is 30.2 Å². The van der Waals surface area contributed by atoms with Gasteiger partial charge in [-0.2, -0.15) is 0 Å². The van der Waals surface area contributed by atoms with E-state index >= 15 is 0 Å². The van der Waals surface area contributed by atoms with Crippen molar-refractivity contribution in [1.82, 2.24) is 4.72 Å². The lowest BCUT2D eigenvalue weighted by Crippen LogP contribution is -2.26. The van der Waals surface area contributed by atoms with Crippen molar-refractivity contribution in [2.45, 2.75) is 13.0 Å². The van der Waals surface area contributed by atoms with Gasteiger partial charge in [0.05, 0.1) is 24.1 Å². The fraction of sp³-hybridized carbons (Fsp3) is 0.176. The van der Waals surface area contributed by atoms with E-state index in [9.17, 15) is 8.42 Å². The molecular formula is C17H17NO4S. The summed E-state index contributed by atoms with van der Waals surface area (Å²) in [5, 5.41) is 0. The first-order chi connectivity index (χ1) is 11.1. The van der Waals surface area contributed by atoms with Crippen molar-refractivity contribution in [1.29, 1.82) is 0 Å². The Balaban J connectivity index is 1.55. The van der Waals surface area contributed by atoms with Crippen molar-refractivity contribution in [3.8, 4) is 11.3 Å². The second-order valence-electron chi connectivity index (χ2n) is 5.15. The highest BCUT2D eigenvalue weighted by molar-refractivity contribution is 7.89. The van der Waals surface area contributed by atoms with Gasteiger partial charge in [-0.3, -0.25) is 0 Å². The van der Waals surface area contributed by atoms with Gasteiger partial charge in [0, 0.05) is 0 Å². The zero-order valence-corrected chi connectivity index (χ0v) is 13.3. The molecule has 0 unspecified atom stereocenters. The summed E-state index contributed by atoms with van der Waals surface area (Å²) in [6.45, 7) is 0.134. The molecule has 0 amide bonds. The normalized spacial score (nSPS) is 11.7. The molecule has 0 bridgehead atoms. The van der Waals surface area contributed by atoms with Crippen LogP contribution in [0.4, 0.5) is 0 Å². The minimum absolute atomic E-state index is 0.0479. The third-order valence-electron chi connectivity index (χ3n) is 3.44. The molecule has 3 aromatic rings. The summed E-state index contributed by atoms with van der Waals surface area (Å²) in [4.78, 5) is 0. The minimum Gasteiger partial charge on any atom is -0.472 e. The lowest BCUT2D eigenvalue weighted by molar-refractivity contribution is 0.507. The van der Waals surface area contributed by atoms with E-state index in [-0.39, 0.29) is 12.3 Å². The predicted molar refractivity (Wildman–Crippen MR) is 87.2 cm³/mol. The van der Waals surface area contributed by atoms with E-state index in [4.69, 9.17) is 8.83 Å². The highest BCUT2D eigenvalue weighted by Crippen LogP contribution is 2.22. The van der Waals surface area contributed by atoms with Gasteiger partial charge >= 0.3 is 0 Å². The van der Waals surface area contributed by atoms with Crippen LogP contribution in [0.3, 0.4) is 0 Å². The fourth-order valence-corrected chi connectivity index (χ4v) is 3.19. The zero-order valence-electron chi connectivity index (χ0n) is 12.4. The molecule has 2 aromatic heterocycles. The zero-order chi connectivity index (χ0) is 16.1. The molecule has 0 aliphatic carbocycles. The summed E-state index contributed by atoms with van der Waals surface area (Å²) >= 11 is 0. The van der Waals surface area contributed by atoms with E-state index in [0.29, 0.717) is 17.9 Å². The lowest BCUT2D eigenvalue weighted by Gasteiger charge is -2.05. The average molecular weight is 331 g/mol. The highest BCUT2D eigenvalue weighted by atomic mass is 32.2. The third kappa shape index (κ3) is 4.34. The van der Waals surface area contributed by atoms with E-state index in [1.165, 1.54) is 0 Å². The molecule has 0 aliphatic heterocycles. The summed E-state index contributed by atoms with van der Waals surface area (Å²) in [5.74, 6) is 1.26. The van der Waals surface area contributed by atoms with Gasteiger partial charge in [-0.1, -0.05) is 30.3 Å². The Labute approximate surface area is 135 Å². The van der Waals surface area contributed by atoms with Gasteiger partial charge in [0.15, 0.2) is 0 Å². The summed E-state index contributed by atoms with van der Waals surface area (Å²) in [5.41, 5.74) is 1.82. The number of furan rings is 2. The molecule has 5 nitrogen and oxygen atoms in total. The molecule has 0 radical (unpaired) electrons. The van der Waals surface area contributed by atoms with E-state index in [1.807, 2.05) is 30.3 Å². The maximum atomic E-state index is 12.0. The van der Waals surface area contributed by atoms with Crippen LogP contribution < -0.4 is 4.72 Å². The van der Waals surface area contributed by atoms with Gasteiger partial charge in [0.25, 0.3) is 0 Å². The molecule has 6 heteroatoms. The number of sulfonamides is 1. The van der Waals surface area contributed by atoms with Crippen molar-refractivity contribution in [2.24, 2.45) is 0 Å². The fourth-order valence-electron chi connectivity index (χ4n) is 2.18. The van der Waals surface area contributed by atoms with Gasteiger partial charge in [0.2, 0.25) is 10.0 Å². The first kappa shape index (κ1) is 15.6. The Hall–Kier alpha value is -2.31. The standard InChI is InChI=1S/C17H17NO4S/c19-23(20,11-9-14-4-2-1-3-5-14)18-12-16-6-7-17(22-16)15-8-10-21-13-15/h1-8,10,13,18H,9,11-12H2. The van der Waals surface area contributed by atoms with Crippen molar-refractivity contribution in [3.05, 3.63) is 72.4 Å². The molecule has 3 rings (SSSR count). The Morgan fingerprint density at radius 2 is 1.83 bits per heavy atom. The number of hydrogen-bond donors (Lipinski definition) is 1. The SMILES string of the molecule is O=S(=O)(CCc1ccccc1)NCc1ccc(-c2ccoc2)o1. The number of aryl methyl sites for hydroxylation is 1. The van der Waals surface area contributed by atoms with E-state index in [2.05, 4.69) is 4.72 Å². The second-order valence-corrected chi connectivity index (χ2v) is 7.08. The maximum Gasteiger partial charge on any atom is 0.212 e. The molecule has 1 N–H and O–H groups in total. The molecule has 0 aliphatic rings. The molecule has 0 spiro atoms. The molecule has 0 fully saturated rings. The molecule has 0 atom stereocenters. The van der Waals surface area contributed by atoms with Crippen molar-refractivity contribution < 1.29 is 17.3 Å². The van der Waals surface area contributed by atoms with Crippen molar-refractivity contribution in [3.63, 3.8) is 0 Å². The Morgan fingerprint density at radius 3 is 2.57 bits per heavy atom. The third-order valence-corrected chi connectivity index (χ3v) is 4.76. The number of rotatable bonds is 7. The second kappa shape index (κ2) is 6.85. The number of benzene rings is 1. The van der Waals surface area contributed by atoms with Gasteiger partial charge in [-0.25, -0.2) is 13.1 Å². The van der Waals surface area contributed by atoms with E-state index in [0.717, 1.165) is 11.1 Å². The Bertz CT molecular complexity index is 836. The lowest BCUT2D eigenvalue weighted by atomic mass is 10.2. The molecular weight excluding hydrogens is 314 g/mol. The van der Waals surface area contributed by atoms with Crippen LogP contribution in [-0.2, 0) is 23.0 Å². The van der Waals surface area contributed by atoms with Gasteiger partial charge < -0.3 is 8.83 Å². The summed E-state index contributed by atoms with van der Waals surface area (Å²) in [6.07, 6.45) is 3.62. The monoisotopic (exact) mass is 331 g/mol. The summed E-state index contributed by atoms with van der Waals surface area (Å²) in [7, 11) is -3.35. The average Bonchev–Trinajstić information content (AvgIpc) is 3.23. The van der Waals surface area contributed by atoms with Crippen LogP contribution in [0, 0.1) is 0 Å². The molecule has 120 valence electrons. The van der Waals surface area contributed by atoms with E-state index in [1.54, 1.807) is 30.7 Å². The predicted octanol–water partition coefficient (Wildman–Crippen LogP) is 3.20. The Kier molecular flexibility index (Phi) is 4.64. The van der Waals surface area contributed by atoms with Crippen molar-refractivity contribution >= 4 is 10.0 Å².